The fraction of sp³-hybridized carbons (Fsp3) is 0.250. The van der Waals surface area contributed by atoms with Crippen molar-refractivity contribution >= 4 is 17.9 Å². The molecule has 1 fully saturated rings. The van der Waals surface area contributed by atoms with E-state index in [4.69, 9.17) is 10.00 Å². The Morgan fingerprint density at radius 2 is 2.04 bits per heavy atom. The summed E-state index contributed by atoms with van der Waals surface area (Å²) < 4.78 is 5.52. The van der Waals surface area contributed by atoms with Gasteiger partial charge in [-0.1, -0.05) is 6.07 Å². The van der Waals surface area contributed by atoms with Crippen LogP contribution in [-0.4, -0.2) is 32.4 Å². The molecule has 0 aliphatic carbocycles. The number of ether oxygens (including phenoxy) is 1. The average Bonchev–Trinajstić information content (AvgIpc) is 2.77. The highest BCUT2D eigenvalue weighted by atomic mass is 16.5. The Balaban J connectivity index is 1.89. The number of nitriles is 1. The Bertz CT molecular complexity index is 918. The number of nitrogens with one attached hydrogen (secondary N) is 1. The minimum atomic E-state index is -1.04. The van der Waals surface area contributed by atoms with Crippen molar-refractivity contribution in [1.82, 2.24) is 20.3 Å². The average molecular weight is 338 g/mol. The molecule has 25 heavy (non-hydrogen) atoms. The largest absolute Gasteiger partial charge is 0.424 e. The number of imide groups is 1. The van der Waals surface area contributed by atoms with Crippen LogP contribution in [0.25, 0.3) is 0 Å². The Kier molecular flexibility index (Phi) is 3.81. The minimum Gasteiger partial charge on any atom is -0.424 e. The van der Waals surface area contributed by atoms with Crippen LogP contribution in [-0.2, 0) is 4.79 Å². The van der Waals surface area contributed by atoms with Crippen LogP contribution >= 0.6 is 0 Å². The van der Waals surface area contributed by atoms with Gasteiger partial charge in [-0.3, -0.25) is 4.79 Å². The molecule has 0 bridgehead atoms. The van der Waals surface area contributed by atoms with Crippen molar-refractivity contribution in [1.29, 1.82) is 5.26 Å². The maximum Gasteiger partial charge on any atom is 0.332 e. The number of carbonyl (C=O) groups excluding carboxylic acids is 2. The van der Waals surface area contributed by atoms with E-state index in [2.05, 4.69) is 26.3 Å². The first-order valence-electron chi connectivity index (χ1n) is 7.36. The Labute approximate surface area is 143 Å². The van der Waals surface area contributed by atoms with E-state index in [1.807, 2.05) is 6.92 Å². The maximum absolute atomic E-state index is 12.3. The monoisotopic (exact) mass is 338 g/mol. The lowest BCUT2D eigenvalue weighted by atomic mass is 10.1. The second kappa shape index (κ2) is 5.83. The third kappa shape index (κ3) is 2.97. The van der Waals surface area contributed by atoms with E-state index in [1.54, 1.807) is 32.0 Å². The standard InChI is InChI=1S/C16H14N6O3/c1-9-4-5-11(6-10(9)7-17)25-14-19-8-18-13(20-14)22-12(23)16(2,3)21-15(22)24/h4-6,8H,1-3H3,(H,21,24). The van der Waals surface area contributed by atoms with E-state index in [-0.39, 0.29) is 12.0 Å². The zero-order valence-electron chi connectivity index (χ0n) is 13.8. The number of aromatic nitrogens is 3. The number of amides is 3. The van der Waals surface area contributed by atoms with Gasteiger partial charge in [0.25, 0.3) is 5.91 Å². The van der Waals surface area contributed by atoms with Crippen LogP contribution in [0.5, 0.6) is 11.8 Å². The summed E-state index contributed by atoms with van der Waals surface area (Å²) in [7, 11) is 0. The first-order chi connectivity index (χ1) is 11.8. The van der Waals surface area contributed by atoms with Gasteiger partial charge in [-0.15, -0.1) is 0 Å². The van der Waals surface area contributed by atoms with E-state index in [0.29, 0.717) is 11.3 Å². The SMILES string of the molecule is Cc1ccc(Oc2ncnc(N3C(=O)NC(C)(C)C3=O)n2)cc1C#N. The highest BCUT2D eigenvalue weighted by Gasteiger charge is 2.46. The molecular formula is C16H14N6O3. The molecule has 0 atom stereocenters. The lowest BCUT2D eigenvalue weighted by Crippen LogP contribution is -2.40. The molecule has 1 saturated heterocycles. The van der Waals surface area contributed by atoms with E-state index in [9.17, 15) is 9.59 Å². The molecule has 3 amide bonds. The molecular weight excluding hydrogens is 324 g/mol. The molecule has 0 saturated carbocycles. The molecule has 1 N–H and O–H groups in total. The Hall–Kier alpha value is -3.54. The maximum atomic E-state index is 12.3. The van der Waals surface area contributed by atoms with Gasteiger partial charge < -0.3 is 10.1 Å². The van der Waals surface area contributed by atoms with Gasteiger partial charge in [0.15, 0.2) is 0 Å². The first kappa shape index (κ1) is 16.3. The Morgan fingerprint density at radius 1 is 1.28 bits per heavy atom. The summed E-state index contributed by atoms with van der Waals surface area (Å²) in [4.78, 5) is 36.9. The molecule has 1 aromatic heterocycles. The second-order valence-corrected chi connectivity index (χ2v) is 5.95. The predicted molar refractivity (Wildman–Crippen MR) is 85.9 cm³/mol. The molecule has 126 valence electrons. The third-order valence-electron chi connectivity index (χ3n) is 3.64. The molecule has 1 aliphatic heterocycles. The van der Waals surface area contributed by atoms with Crippen LogP contribution in [0.2, 0.25) is 0 Å². The van der Waals surface area contributed by atoms with E-state index in [0.717, 1.165) is 16.8 Å². The summed E-state index contributed by atoms with van der Waals surface area (Å²) >= 11 is 0. The molecule has 1 aromatic carbocycles. The van der Waals surface area contributed by atoms with Gasteiger partial charge in [-0.05, 0) is 38.5 Å². The van der Waals surface area contributed by atoms with Crippen LogP contribution in [0.1, 0.15) is 25.0 Å². The minimum absolute atomic E-state index is 0.0944. The number of urea groups is 1. The van der Waals surface area contributed by atoms with Crippen molar-refractivity contribution in [3.8, 4) is 17.8 Å². The second-order valence-electron chi connectivity index (χ2n) is 5.95. The number of hydrogen-bond acceptors (Lipinski definition) is 7. The molecule has 0 radical (unpaired) electrons. The number of hydrogen-bond donors (Lipinski definition) is 1. The van der Waals surface area contributed by atoms with Gasteiger partial charge in [0, 0.05) is 0 Å². The van der Waals surface area contributed by atoms with E-state index >= 15 is 0 Å². The first-order valence-corrected chi connectivity index (χ1v) is 7.36. The van der Waals surface area contributed by atoms with Crippen LogP contribution in [0, 0.1) is 18.3 Å². The summed E-state index contributed by atoms with van der Waals surface area (Å²) in [5, 5.41) is 11.6. The molecule has 2 aromatic rings. The molecule has 3 rings (SSSR count). The van der Waals surface area contributed by atoms with Crippen molar-refractivity contribution in [2.45, 2.75) is 26.3 Å². The summed E-state index contributed by atoms with van der Waals surface area (Å²) in [6.45, 7) is 4.98. The van der Waals surface area contributed by atoms with Crippen molar-refractivity contribution in [2.75, 3.05) is 4.90 Å². The third-order valence-corrected chi connectivity index (χ3v) is 3.64. The van der Waals surface area contributed by atoms with Crippen molar-refractivity contribution in [2.24, 2.45) is 0 Å². The van der Waals surface area contributed by atoms with Crippen LogP contribution < -0.4 is 15.0 Å². The van der Waals surface area contributed by atoms with Crippen molar-refractivity contribution in [3.63, 3.8) is 0 Å². The van der Waals surface area contributed by atoms with Crippen molar-refractivity contribution in [3.05, 3.63) is 35.7 Å². The summed E-state index contributed by atoms with van der Waals surface area (Å²) in [5.41, 5.74) is 0.235. The smallest absolute Gasteiger partial charge is 0.332 e. The summed E-state index contributed by atoms with van der Waals surface area (Å²) in [6, 6.07) is 6.29. The van der Waals surface area contributed by atoms with Crippen LogP contribution in [0.3, 0.4) is 0 Å². The highest BCUT2D eigenvalue weighted by molar-refractivity contribution is 6.22. The zero-order chi connectivity index (χ0) is 18.2. The fourth-order valence-electron chi connectivity index (χ4n) is 2.25. The number of benzene rings is 1. The lowest BCUT2D eigenvalue weighted by Gasteiger charge is -2.14. The van der Waals surface area contributed by atoms with Crippen LogP contribution in [0.15, 0.2) is 24.5 Å². The predicted octanol–water partition coefficient (Wildman–Crippen LogP) is 1.68. The van der Waals surface area contributed by atoms with E-state index < -0.39 is 17.5 Å². The van der Waals surface area contributed by atoms with Gasteiger partial charge in [-0.2, -0.15) is 20.1 Å². The summed E-state index contributed by atoms with van der Waals surface area (Å²) in [6.07, 6.45) is 1.14. The molecule has 0 spiro atoms. The molecule has 1 aliphatic rings. The molecule has 9 nitrogen and oxygen atoms in total. The molecule has 2 heterocycles. The zero-order valence-corrected chi connectivity index (χ0v) is 13.8. The number of anilines is 1. The number of carbonyl (C=O) groups is 2. The van der Waals surface area contributed by atoms with Gasteiger partial charge in [-0.25, -0.2) is 9.78 Å². The Morgan fingerprint density at radius 3 is 2.68 bits per heavy atom. The number of rotatable bonds is 3. The fourth-order valence-corrected chi connectivity index (χ4v) is 2.25. The molecule has 0 unspecified atom stereocenters. The van der Waals surface area contributed by atoms with Crippen LogP contribution in [0.4, 0.5) is 10.7 Å². The number of aryl methyl sites for hydroxylation is 1. The quantitative estimate of drug-likeness (QED) is 0.845. The highest BCUT2D eigenvalue weighted by Crippen LogP contribution is 2.24. The normalized spacial score (nSPS) is 15.7. The van der Waals surface area contributed by atoms with Gasteiger partial charge in [0.1, 0.15) is 17.6 Å². The van der Waals surface area contributed by atoms with Gasteiger partial charge >= 0.3 is 12.0 Å². The topological polar surface area (TPSA) is 121 Å². The van der Waals surface area contributed by atoms with Gasteiger partial charge in [0.05, 0.1) is 11.6 Å². The van der Waals surface area contributed by atoms with E-state index in [1.165, 1.54) is 0 Å². The summed E-state index contributed by atoms with van der Waals surface area (Å²) in [5.74, 6) is -0.251. The number of nitrogens with zero attached hydrogens (tertiary/aromatic N) is 5. The van der Waals surface area contributed by atoms with Gasteiger partial charge in [0.2, 0.25) is 5.95 Å². The molecule has 9 heteroatoms. The lowest BCUT2D eigenvalue weighted by molar-refractivity contribution is -0.121. The van der Waals surface area contributed by atoms with Crippen molar-refractivity contribution < 1.29 is 14.3 Å².